The zero-order valence-corrected chi connectivity index (χ0v) is 10.4. The molecule has 1 saturated heterocycles. The number of aryl methyl sites for hydroxylation is 1. The number of aromatic nitrogens is 4. The molecular weight excluding hydrogens is 234 g/mol. The highest BCUT2D eigenvalue weighted by Crippen LogP contribution is 2.19. The van der Waals surface area contributed by atoms with E-state index in [1.54, 1.807) is 10.9 Å². The summed E-state index contributed by atoms with van der Waals surface area (Å²) in [5.74, 6) is 1.03. The molecule has 0 spiro atoms. The van der Waals surface area contributed by atoms with E-state index in [-0.39, 0.29) is 5.60 Å². The maximum absolute atomic E-state index is 5.73. The molecule has 3 rings (SSSR count). The number of ether oxygens (including phenoxy) is 1. The number of rotatable bonds is 4. The molecule has 0 saturated carbocycles. The van der Waals surface area contributed by atoms with Crippen molar-refractivity contribution in [2.75, 3.05) is 13.1 Å². The van der Waals surface area contributed by atoms with Gasteiger partial charge < -0.3 is 14.6 Å². The Bertz CT molecular complexity index is 543. The highest BCUT2D eigenvalue weighted by molar-refractivity contribution is 5.50. The summed E-state index contributed by atoms with van der Waals surface area (Å²) in [6.45, 7) is 4.11. The van der Waals surface area contributed by atoms with E-state index in [1.165, 1.54) is 0 Å². The number of nitrogens with zero attached hydrogens (tertiary/aromatic N) is 4. The van der Waals surface area contributed by atoms with Crippen molar-refractivity contribution >= 4 is 0 Å². The Morgan fingerprint density at radius 1 is 1.56 bits per heavy atom. The number of hydrogen-bond acceptors (Lipinski definition) is 6. The van der Waals surface area contributed by atoms with Gasteiger partial charge in [0.05, 0.1) is 17.4 Å². The van der Waals surface area contributed by atoms with Crippen molar-refractivity contribution < 1.29 is 9.26 Å². The van der Waals surface area contributed by atoms with Gasteiger partial charge in [-0.2, -0.15) is 10.1 Å². The zero-order valence-electron chi connectivity index (χ0n) is 10.4. The van der Waals surface area contributed by atoms with Crippen LogP contribution in [0.5, 0.6) is 0 Å². The minimum Gasteiger partial charge on any atom is -0.363 e. The van der Waals surface area contributed by atoms with Gasteiger partial charge >= 0.3 is 0 Å². The highest BCUT2D eigenvalue weighted by atomic mass is 16.5. The molecule has 0 aliphatic carbocycles. The molecule has 18 heavy (non-hydrogen) atoms. The van der Waals surface area contributed by atoms with Crippen LogP contribution in [0.1, 0.15) is 12.8 Å². The summed E-state index contributed by atoms with van der Waals surface area (Å²) in [5, 5.41) is 11.1. The second-order valence-electron chi connectivity index (χ2n) is 4.76. The molecule has 0 amide bonds. The van der Waals surface area contributed by atoms with Gasteiger partial charge in [-0.05, 0) is 6.92 Å². The van der Waals surface area contributed by atoms with E-state index in [4.69, 9.17) is 9.26 Å². The summed E-state index contributed by atoms with van der Waals surface area (Å²) in [6, 6.07) is 0. The van der Waals surface area contributed by atoms with Crippen LogP contribution in [0.2, 0.25) is 0 Å². The molecule has 1 aliphatic heterocycles. The minimum atomic E-state index is -0.108. The van der Waals surface area contributed by atoms with Crippen molar-refractivity contribution in [3.05, 3.63) is 18.3 Å². The van der Waals surface area contributed by atoms with E-state index < -0.39 is 0 Å². The summed E-state index contributed by atoms with van der Waals surface area (Å²) in [5.41, 5.74) is 0.729. The van der Waals surface area contributed by atoms with Crippen LogP contribution in [0.3, 0.4) is 0 Å². The van der Waals surface area contributed by atoms with Crippen molar-refractivity contribution in [2.24, 2.45) is 7.05 Å². The highest BCUT2D eigenvalue weighted by Gasteiger charge is 2.33. The van der Waals surface area contributed by atoms with Gasteiger partial charge in [0.1, 0.15) is 6.61 Å². The first-order valence-electron chi connectivity index (χ1n) is 5.81. The van der Waals surface area contributed by atoms with Gasteiger partial charge in [0.15, 0.2) is 0 Å². The first-order valence-corrected chi connectivity index (χ1v) is 5.81. The van der Waals surface area contributed by atoms with Crippen LogP contribution in [0.4, 0.5) is 0 Å². The molecule has 1 aliphatic rings. The third kappa shape index (κ3) is 2.14. The van der Waals surface area contributed by atoms with Gasteiger partial charge in [0.25, 0.3) is 5.89 Å². The molecule has 1 fully saturated rings. The lowest BCUT2D eigenvalue weighted by molar-refractivity contribution is -0.0841. The van der Waals surface area contributed by atoms with E-state index in [0.29, 0.717) is 18.3 Å². The van der Waals surface area contributed by atoms with Gasteiger partial charge in [0, 0.05) is 26.3 Å². The molecule has 0 radical (unpaired) electrons. The Kier molecular flexibility index (Phi) is 2.64. The Labute approximate surface area is 104 Å². The molecule has 1 N–H and O–H groups in total. The average Bonchev–Trinajstić information content (AvgIpc) is 2.92. The summed E-state index contributed by atoms with van der Waals surface area (Å²) in [4.78, 5) is 4.28. The molecule has 7 heteroatoms. The molecule has 0 unspecified atom stereocenters. The third-order valence-corrected chi connectivity index (χ3v) is 2.97. The maximum atomic E-state index is 5.73. The lowest BCUT2D eigenvalue weighted by atomic mass is 10.0. The zero-order chi connectivity index (χ0) is 12.6. The van der Waals surface area contributed by atoms with E-state index >= 15 is 0 Å². The largest absolute Gasteiger partial charge is 0.363 e. The van der Waals surface area contributed by atoms with Crippen LogP contribution in [-0.2, 0) is 18.4 Å². The van der Waals surface area contributed by atoms with Crippen LogP contribution < -0.4 is 5.32 Å². The van der Waals surface area contributed by atoms with Crippen molar-refractivity contribution in [2.45, 2.75) is 19.1 Å². The Balaban J connectivity index is 1.66. The minimum absolute atomic E-state index is 0.108. The Morgan fingerprint density at radius 3 is 3.00 bits per heavy atom. The summed E-state index contributed by atoms with van der Waals surface area (Å²) in [7, 11) is 1.85. The first-order chi connectivity index (χ1) is 8.65. The third-order valence-electron chi connectivity index (χ3n) is 2.97. The van der Waals surface area contributed by atoms with Gasteiger partial charge in [-0.25, -0.2) is 0 Å². The molecule has 0 atom stereocenters. The van der Waals surface area contributed by atoms with E-state index in [1.807, 2.05) is 13.2 Å². The topological polar surface area (TPSA) is 78.0 Å². The molecule has 0 aromatic carbocycles. The number of hydrogen-bond donors (Lipinski definition) is 1. The number of nitrogens with one attached hydrogen (secondary N) is 1. The van der Waals surface area contributed by atoms with Gasteiger partial charge in [-0.15, -0.1) is 0 Å². The van der Waals surface area contributed by atoms with Crippen molar-refractivity contribution in [3.63, 3.8) is 0 Å². The van der Waals surface area contributed by atoms with E-state index in [0.717, 1.165) is 18.7 Å². The van der Waals surface area contributed by atoms with Crippen LogP contribution in [-0.4, -0.2) is 38.6 Å². The molecule has 0 bridgehead atoms. The molecule has 7 nitrogen and oxygen atoms in total. The predicted molar refractivity (Wildman–Crippen MR) is 62.6 cm³/mol. The average molecular weight is 249 g/mol. The normalized spacial score (nSPS) is 17.7. The molecule has 3 heterocycles. The van der Waals surface area contributed by atoms with Gasteiger partial charge in [-0.3, -0.25) is 4.68 Å². The quantitative estimate of drug-likeness (QED) is 0.842. The van der Waals surface area contributed by atoms with Crippen molar-refractivity contribution in [3.8, 4) is 11.4 Å². The summed E-state index contributed by atoms with van der Waals surface area (Å²) >= 11 is 0. The second-order valence-corrected chi connectivity index (χ2v) is 4.76. The van der Waals surface area contributed by atoms with Crippen LogP contribution >= 0.6 is 0 Å². The van der Waals surface area contributed by atoms with Crippen LogP contribution in [0.15, 0.2) is 16.9 Å². The predicted octanol–water partition coefficient (Wildman–Crippen LogP) is 0.349. The SMILES string of the molecule is Cn1cc(-c2noc(COC3(C)CNC3)n2)cn1. The summed E-state index contributed by atoms with van der Waals surface area (Å²) < 4.78 is 12.6. The molecular formula is C11H15N5O2. The fourth-order valence-corrected chi connectivity index (χ4v) is 1.78. The smallest absolute Gasteiger partial charge is 0.252 e. The first kappa shape index (κ1) is 11.4. The van der Waals surface area contributed by atoms with Crippen molar-refractivity contribution in [1.29, 1.82) is 0 Å². The lowest BCUT2D eigenvalue weighted by Gasteiger charge is -2.38. The standard InChI is InChI=1S/C11H15N5O2/c1-11(6-12-7-11)17-5-9-14-10(15-18-9)8-3-13-16(2)4-8/h3-4,12H,5-7H2,1-2H3. The fourth-order valence-electron chi connectivity index (χ4n) is 1.78. The Morgan fingerprint density at radius 2 is 2.39 bits per heavy atom. The monoisotopic (exact) mass is 249 g/mol. The van der Waals surface area contributed by atoms with E-state index in [2.05, 4.69) is 27.5 Å². The van der Waals surface area contributed by atoms with E-state index in [9.17, 15) is 0 Å². The molecule has 2 aromatic heterocycles. The Hall–Kier alpha value is -1.73. The van der Waals surface area contributed by atoms with Gasteiger partial charge in [0.2, 0.25) is 5.82 Å². The maximum Gasteiger partial charge on any atom is 0.252 e. The fraction of sp³-hybridized carbons (Fsp3) is 0.545. The second kappa shape index (κ2) is 4.18. The van der Waals surface area contributed by atoms with Crippen LogP contribution in [0.25, 0.3) is 11.4 Å². The lowest BCUT2D eigenvalue weighted by Crippen LogP contribution is -2.58. The van der Waals surface area contributed by atoms with Gasteiger partial charge in [-0.1, -0.05) is 5.16 Å². The molecule has 2 aromatic rings. The van der Waals surface area contributed by atoms with Crippen LogP contribution in [0, 0.1) is 0 Å². The summed E-state index contributed by atoms with van der Waals surface area (Å²) in [6.07, 6.45) is 3.54. The molecule has 96 valence electrons. The van der Waals surface area contributed by atoms with Crippen molar-refractivity contribution in [1.82, 2.24) is 25.2 Å².